The van der Waals surface area contributed by atoms with E-state index in [1.807, 2.05) is 0 Å². The molecule has 4 saturated carbocycles. The fourth-order valence-corrected chi connectivity index (χ4v) is 12.7. The molecule has 0 aromatic heterocycles. The van der Waals surface area contributed by atoms with Gasteiger partial charge >= 0.3 is 39.2 Å². The van der Waals surface area contributed by atoms with Gasteiger partial charge in [-0.15, -0.1) is 23.5 Å². The first-order valence-corrected chi connectivity index (χ1v) is 19.8. The third-order valence-electron chi connectivity index (χ3n) is 11.1. The van der Waals surface area contributed by atoms with Crippen LogP contribution in [0.25, 0.3) is 0 Å². The molecule has 9 nitrogen and oxygen atoms in total. The van der Waals surface area contributed by atoms with Crippen LogP contribution in [0.4, 0.5) is 26.3 Å². The maximum atomic E-state index is 14.1. The van der Waals surface area contributed by atoms with Crippen LogP contribution >= 0.6 is 23.5 Å². The fourth-order valence-electron chi connectivity index (χ4n) is 8.92. The summed E-state index contributed by atoms with van der Waals surface area (Å²) in [4.78, 5) is 25.9. The molecule has 274 valence electrons. The Morgan fingerprint density at radius 2 is 1.52 bits per heavy atom. The van der Waals surface area contributed by atoms with Gasteiger partial charge in [-0.25, -0.2) is 4.79 Å². The Balaban J connectivity index is 1.05. The zero-order valence-electron chi connectivity index (χ0n) is 26.1. The molecule has 0 spiro atoms. The summed E-state index contributed by atoms with van der Waals surface area (Å²) in [6, 6.07) is 0. The van der Waals surface area contributed by atoms with Crippen LogP contribution in [0.2, 0.25) is 0 Å². The molecule has 6 aliphatic rings. The molecule has 1 N–H and O–H groups in total. The number of thioether (sulfide) groups is 2. The van der Waals surface area contributed by atoms with Crippen molar-refractivity contribution in [1.82, 2.24) is 0 Å². The molecule has 4 aliphatic carbocycles. The minimum absolute atomic E-state index is 0.00756. The maximum Gasteiger partial charge on any atom is 0.465 e. The summed E-state index contributed by atoms with van der Waals surface area (Å²) >= 11 is 3.24. The van der Waals surface area contributed by atoms with Crippen molar-refractivity contribution >= 4 is 45.6 Å². The Hall–Kier alpha value is -0.950. The molecule has 0 aromatic carbocycles. The molecule has 2 aliphatic heterocycles. The molecule has 4 bridgehead atoms. The van der Waals surface area contributed by atoms with E-state index in [-0.39, 0.29) is 47.0 Å². The van der Waals surface area contributed by atoms with Crippen LogP contribution in [0.1, 0.15) is 77.0 Å². The number of halogens is 6. The first-order valence-electron chi connectivity index (χ1n) is 16.4. The van der Waals surface area contributed by atoms with E-state index in [0.29, 0.717) is 44.3 Å². The minimum atomic E-state index is -5.99. The summed E-state index contributed by atoms with van der Waals surface area (Å²) in [5, 5.41) is -5.15. The molecule has 2 heterocycles. The van der Waals surface area contributed by atoms with Gasteiger partial charge in [0.2, 0.25) is 0 Å². The Kier molecular flexibility index (Phi) is 10.2. The predicted octanol–water partition coefficient (Wildman–Crippen LogP) is 6.30. The number of carbonyl (C=O) groups is 2. The molecular weight excluding hydrogens is 715 g/mol. The molecule has 6 fully saturated rings. The van der Waals surface area contributed by atoms with Gasteiger partial charge in [0.05, 0.1) is 10.00 Å². The predicted molar refractivity (Wildman–Crippen MR) is 161 cm³/mol. The maximum absolute atomic E-state index is 14.1. The zero-order valence-corrected chi connectivity index (χ0v) is 28.5. The first kappa shape index (κ1) is 36.8. The van der Waals surface area contributed by atoms with Crippen LogP contribution in [0, 0.1) is 29.1 Å². The lowest BCUT2D eigenvalue weighted by atomic mass is 9.58. The number of esters is 2. The topological polar surface area (TPSA) is 125 Å². The monoisotopic (exact) mass is 754 g/mol. The van der Waals surface area contributed by atoms with Crippen molar-refractivity contribution in [2.75, 3.05) is 25.6 Å². The Morgan fingerprint density at radius 1 is 0.896 bits per heavy atom. The minimum Gasteiger partial charge on any atom is -0.464 e. The highest BCUT2D eigenvalue weighted by Gasteiger charge is 2.61. The van der Waals surface area contributed by atoms with Gasteiger partial charge in [-0.3, -0.25) is 9.35 Å². The number of fused-ring (bicyclic) bond motifs is 4. The average Bonchev–Trinajstić information content (AvgIpc) is 3.44. The van der Waals surface area contributed by atoms with Crippen molar-refractivity contribution in [1.29, 1.82) is 0 Å². The molecule has 6 rings (SSSR count). The molecule has 0 radical (unpaired) electrons. The van der Waals surface area contributed by atoms with Gasteiger partial charge in [0.25, 0.3) is 0 Å². The van der Waals surface area contributed by atoms with Gasteiger partial charge in [-0.05, 0) is 75.5 Å². The Labute approximate surface area is 283 Å². The van der Waals surface area contributed by atoms with Crippen molar-refractivity contribution in [3.05, 3.63) is 0 Å². The molecular formula is C30H40F6O9S3. The summed E-state index contributed by atoms with van der Waals surface area (Å²) in [5.41, 5.74) is -2.15. The second-order valence-corrected chi connectivity index (χ2v) is 19.0. The summed E-state index contributed by atoms with van der Waals surface area (Å²) < 4.78 is 136. The Morgan fingerprint density at radius 3 is 2.19 bits per heavy atom. The standard InChI is InChI=1S/C30H40F6O9S3/c31-28(32)15-43-22(44-16-29(28,33)34)19-7-17-3-1-5-26(9-17,11-19)24(37)42-13-21-14-46-23(47-21)20-8-18-4-2-6-27(10-18,12-20)45-25(38)30(35,36)48(39,40)41/h17-23H,1-16H2,(H,39,40,41). The van der Waals surface area contributed by atoms with E-state index in [1.54, 1.807) is 23.5 Å². The van der Waals surface area contributed by atoms with Gasteiger partial charge in [-0.1, -0.05) is 19.3 Å². The second-order valence-electron chi connectivity index (χ2n) is 14.6. The van der Waals surface area contributed by atoms with Gasteiger partial charge in [0.1, 0.15) is 25.4 Å². The summed E-state index contributed by atoms with van der Waals surface area (Å²) in [6.07, 6.45) is 5.26. The van der Waals surface area contributed by atoms with Gasteiger partial charge in [0, 0.05) is 16.9 Å². The lowest BCUT2D eigenvalue weighted by Crippen LogP contribution is -2.51. The van der Waals surface area contributed by atoms with E-state index >= 15 is 0 Å². The molecule has 48 heavy (non-hydrogen) atoms. The van der Waals surface area contributed by atoms with Crippen molar-refractivity contribution in [2.24, 2.45) is 29.1 Å². The first-order chi connectivity index (χ1) is 22.3. The van der Waals surface area contributed by atoms with E-state index < -0.39 is 75.6 Å². The van der Waals surface area contributed by atoms with Crippen molar-refractivity contribution in [3.8, 4) is 0 Å². The highest BCUT2D eigenvalue weighted by atomic mass is 32.2. The largest absolute Gasteiger partial charge is 0.465 e. The highest BCUT2D eigenvalue weighted by molar-refractivity contribution is 8.20. The van der Waals surface area contributed by atoms with Crippen LogP contribution in [-0.2, 0) is 38.7 Å². The lowest BCUT2D eigenvalue weighted by Gasteiger charge is -2.48. The van der Waals surface area contributed by atoms with Crippen molar-refractivity contribution < 1.29 is 67.8 Å². The number of alkyl halides is 6. The van der Waals surface area contributed by atoms with Crippen LogP contribution in [0.3, 0.4) is 0 Å². The molecule has 0 amide bonds. The third kappa shape index (κ3) is 7.22. The van der Waals surface area contributed by atoms with Crippen LogP contribution in [0.5, 0.6) is 0 Å². The Bertz CT molecular complexity index is 1340. The van der Waals surface area contributed by atoms with Gasteiger partial charge in [0.15, 0.2) is 6.29 Å². The van der Waals surface area contributed by atoms with E-state index in [0.717, 1.165) is 25.7 Å². The highest BCUT2D eigenvalue weighted by Crippen LogP contribution is 2.56. The quantitative estimate of drug-likeness (QED) is 0.171. The number of carbonyl (C=O) groups excluding carboxylic acids is 2. The number of ether oxygens (including phenoxy) is 4. The fraction of sp³-hybridized carbons (Fsp3) is 0.933. The second kappa shape index (κ2) is 13.2. The number of hydrogen-bond acceptors (Lipinski definition) is 10. The summed E-state index contributed by atoms with van der Waals surface area (Å²) in [7, 11) is -5.99. The van der Waals surface area contributed by atoms with E-state index in [4.69, 9.17) is 23.5 Å². The van der Waals surface area contributed by atoms with E-state index in [9.17, 15) is 44.3 Å². The van der Waals surface area contributed by atoms with Crippen LogP contribution in [-0.4, -0.2) is 89.3 Å². The number of hydrogen-bond donors (Lipinski definition) is 1. The average molecular weight is 755 g/mol. The molecule has 2 saturated heterocycles. The third-order valence-corrected chi connectivity index (χ3v) is 15.5. The normalized spacial score (nSPS) is 40.1. The van der Waals surface area contributed by atoms with Crippen molar-refractivity contribution in [2.45, 2.75) is 116 Å². The van der Waals surface area contributed by atoms with Crippen molar-refractivity contribution in [3.63, 3.8) is 0 Å². The smallest absolute Gasteiger partial charge is 0.464 e. The van der Waals surface area contributed by atoms with E-state index in [2.05, 4.69) is 0 Å². The summed E-state index contributed by atoms with van der Waals surface area (Å²) in [5.74, 6) is -11.2. The van der Waals surface area contributed by atoms with Gasteiger partial charge in [-0.2, -0.15) is 34.8 Å². The lowest BCUT2D eigenvalue weighted by molar-refractivity contribution is -0.222. The van der Waals surface area contributed by atoms with Crippen LogP contribution in [0.15, 0.2) is 0 Å². The number of rotatable bonds is 8. The molecule has 18 heteroatoms. The molecule has 8 unspecified atom stereocenters. The molecule has 8 atom stereocenters. The molecule has 0 aromatic rings. The SMILES string of the molecule is O=C(OCC1CSC(C2CC3CCCC(OC(=O)C(F)(F)S(=O)(=O)O)(C3)C2)S1)C12CCCC(CC(C3OCC(F)(F)C(F)(F)CO3)C1)C2. The van der Waals surface area contributed by atoms with Gasteiger partial charge < -0.3 is 18.9 Å². The van der Waals surface area contributed by atoms with Crippen LogP contribution < -0.4 is 0 Å². The zero-order chi connectivity index (χ0) is 34.8. The van der Waals surface area contributed by atoms with E-state index in [1.165, 1.54) is 0 Å². The summed E-state index contributed by atoms with van der Waals surface area (Å²) in [6.45, 7) is -2.83.